The van der Waals surface area contributed by atoms with Gasteiger partial charge in [-0.05, 0) is 44.7 Å². The molecule has 0 spiro atoms. The van der Waals surface area contributed by atoms with Gasteiger partial charge >= 0.3 is 0 Å². The quantitative estimate of drug-likeness (QED) is 0.699. The molecule has 3 heteroatoms. The van der Waals surface area contributed by atoms with Crippen molar-refractivity contribution in [1.29, 1.82) is 0 Å². The van der Waals surface area contributed by atoms with Gasteiger partial charge in [0.2, 0.25) is 5.82 Å². The number of hydrogen-bond donors (Lipinski definition) is 0. The van der Waals surface area contributed by atoms with E-state index in [-0.39, 0.29) is 5.56 Å². The summed E-state index contributed by atoms with van der Waals surface area (Å²) in [6.45, 7) is 11.5. The molecule has 1 aromatic heterocycles. The lowest BCUT2D eigenvalue weighted by Gasteiger charge is -2.14. The molecule has 0 radical (unpaired) electrons. The standard InChI is InChI=1S/C20H26F2N/c1-7-9-16-10-11-23(15(6)14(16)5)20-13(4)12(3)18(21)17(8-2)19(20)22/h10-11H,7-9H2,1-6H3/q+1. The highest BCUT2D eigenvalue weighted by molar-refractivity contribution is 5.46. The Balaban J connectivity index is 2.78. The Kier molecular flexibility index (Phi) is 5.18. The van der Waals surface area contributed by atoms with Crippen LogP contribution in [0.25, 0.3) is 5.69 Å². The van der Waals surface area contributed by atoms with Crippen molar-refractivity contribution in [3.63, 3.8) is 0 Å². The van der Waals surface area contributed by atoms with Gasteiger partial charge in [0.05, 0.1) is 0 Å². The summed E-state index contributed by atoms with van der Waals surface area (Å²) in [5.41, 5.74) is 5.30. The predicted molar refractivity (Wildman–Crippen MR) is 90.2 cm³/mol. The van der Waals surface area contributed by atoms with E-state index in [4.69, 9.17) is 0 Å². The molecule has 0 fully saturated rings. The Bertz CT molecular complexity index is 748. The van der Waals surface area contributed by atoms with Gasteiger partial charge < -0.3 is 0 Å². The second-order valence-corrected chi connectivity index (χ2v) is 6.23. The fourth-order valence-corrected chi connectivity index (χ4v) is 3.17. The molecule has 2 aromatic rings. The van der Waals surface area contributed by atoms with Crippen LogP contribution in [-0.4, -0.2) is 0 Å². The number of pyridine rings is 1. The lowest BCUT2D eigenvalue weighted by Crippen LogP contribution is -2.38. The topological polar surface area (TPSA) is 3.88 Å². The fourth-order valence-electron chi connectivity index (χ4n) is 3.17. The van der Waals surface area contributed by atoms with Gasteiger partial charge in [0.15, 0.2) is 11.9 Å². The van der Waals surface area contributed by atoms with Crippen LogP contribution >= 0.6 is 0 Å². The van der Waals surface area contributed by atoms with Crippen molar-refractivity contribution >= 4 is 0 Å². The SMILES string of the molecule is CCCc1cc[n+](-c2c(C)c(C)c(F)c(CC)c2F)c(C)c1C. The van der Waals surface area contributed by atoms with Gasteiger partial charge in [-0.15, -0.1) is 0 Å². The van der Waals surface area contributed by atoms with Gasteiger partial charge in [-0.3, -0.25) is 0 Å². The fraction of sp³-hybridized carbons (Fsp3) is 0.450. The number of aromatic nitrogens is 1. The minimum absolute atomic E-state index is 0.172. The van der Waals surface area contributed by atoms with Crippen LogP contribution in [0.1, 0.15) is 53.8 Å². The maximum Gasteiger partial charge on any atom is 0.250 e. The van der Waals surface area contributed by atoms with Gasteiger partial charge in [0, 0.05) is 29.7 Å². The highest BCUT2D eigenvalue weighted by atomic mass is 19.1. The van der Waals surface area contributed by atoms with E-state index >= 15 is 0 Å². The smallest absolute Gasteiger partial charge is 0.206 e. The number of benzene rings is 1. The van der Waals surface area contributed by atoms with Crippen LogP contribution in [0.4, 0.5) is 8.78 Å². The molecular formula is C20H26F2N+. The minimum atomic E-state index is -0.441. The average Bonchev–Trinajstić information content (AvgIpc) is 2.52. The molecule has 0 saturated carbocycles. The van der Waals surface area contributed by atoms with Crippen molar-refractivity contribution < 1.29 is 13.3 Å². The van der Waals surface area contributed by atoms with E-state index in [2.05, 4.69) is 19.9 Å². The summed E-state index contributed by atoms with van der Waals surface area (Å²) >= 11 is 0. The molecule has 2 rings (SSSR count). The first-order chi connectivity index (χ1) is 10.8. The van der Waals surface area contributed by atoms with Gasteiger partial charge in [-0.25, -0.2) is 4.39 Å². The Morgan fingerprint density at radius 2 is 1.57 bits per heavy atom. The molecule has 23 heavy (non-hydrogen) atoms. The zero-order valence-electron chi connectivity index (χ0n) is 15.0. The third-order valence-electron chi connectivity index (χ3n) is 4.91. The van der Waals surface area contributed by atoms with E-state index in [1.165, 1.54) is 11.1 Å². The van der Waals surface area contributed by atoms with Gasteiger partial charge in [0.25, 0.3) is 5.69 Å². The predicted octanol–water partition coefficient (Wildman–Crippen LogP) is 4.99. The van der Waals surface area contributed by atoms with Crippen LogP contribution in [0.15, 0.2) is 12.3 Å². The Morgan fingerprint density at radius 1 is 0.913 bits per heavy atom. The summed E-state index contributed by atoms with van der Waals surface area (Å²) in [5, 5.41) is 0. The lowest BCUT2D eigenvalue weighted by atomic mass is 9.98. The summed E-state index contributed by atoms with van der Waals surface area (Å²) in [7, 11) is 0. The Hall–Kier alpha value is -1.77. The minimum Gasteiger partial charge on any atom is -0.206 e. The molecule has 0 bridgehead atoms. The molecule has 0 aliphatic carbocycles. The molecule has 1 nitrogen and oxygen atoms in total. The average molecular weight is 318 g/mol. The van der Waals surface area contributed by atoms with Crippen LogP contribution in [0.3, 0.4) is 0 Å². The normalized spacial score (nSPS) is 11.1. The van der Waals surface area contributed by atoms with Crippen molar-refractivity contribution in [2.24, 2.45) is 0 Å². The molecule has 124 valence electrons. The lowest BCUT2D eigenvalue weighted by molar-refractivity contribution is -0.605. The summed E-state index contributed by atoms with van der Waals surface area (Å²) in [4.78, 5) is 0. The first-order valence-corrected chi connectivity index (χ1v) is 8.33. The number of rotatable bonds is 4. The third kappa shape index (κ3) is 2.89. The largest absolute Gasteiger partial charge is 0.250 e. The first kappa shape index (κ1) is 17.6. The molecule has 0 amide bonds. The summed E-state index contributed by atoms with van der Waals surface area (Å²) in [6, 6.07) is 2.05. The molecule has 0 N–H and O–H groups in total. The van der Waals surface area contributed by atoms with E-state index in [0.717, 1.165) is 18.5 Å². The highest BCUT2D eigenvalue weighted by Crippen LogP contribution is 2.26. The maximum atomic E-state index is 15.0. The zero-order chi connectivity index (χ0) is 17.3. The third-order valence-corrected chi connectivity index (χ3v) is 4.91. The van der Waals surface area contributed by atoms with Crippen LogP contribution in [0.5, 0.6) is 0 Å². The molecule has 0 unspecified atom stereocenters. The van der Waals surface area contributed by atoms with Gasteiger partial charge in [0.1, 0.15) is 5.82 Å². The maximum absolute atomic E-state index is 15.0. The molecule has 0 aliphatic heterocycles. The van der Waals surface area contributed by atoms with Crippen LogP contribution < -0.4 is 4.57 Å². The van der Waals surface area contributed by atoms with Gasteiger partial charge in [-0.2, -0.15) is 8.96 Å². The molecule has 1 heterocycles. The number of hydrogen-bond acceptors (Lipinski definition) is 0. The van der Waals surface area contributed by atoms with E-state index < -0.39 is 11.6 Å². The Morgan fingerprint density at radius 3 is 2.13 bits per heavy atom. The van der Waals surface area contributed by atoms with Gasteiger partial charge in [-0.1, -0.05) is 20.3 Å². The van der Waals surface area contributed by atoms with Crippen molar-refractivity contribution in [2.75, 3.05) is 0 Å². The zero-order valence-corrected chi connectivity index (χ0v) is 15.0. The highest BCUT2D eigenvalue weighted by Gasteiger charge is 2.28. The number of halogens is 2. The molecule has 1 aromatic carbocycles. The second kappa shape index (κ2) is 6.77. The van der Waals surface area contributed by atoms with Crippen LogP contribution in [0.2, 0.25) is 0 Å². The van der Waals surface area contributed by atoms with E-state index in [1.54, 1.807) is 20.8 Å². The molecular weight excluding hydrogens is 292 g/mol. The summed E-state index contributed by atoms with van der Waals surface area (Å²) < 4.78 is 31.1. The van der Waals surface area contributed by atoms with E-state index in [9.17, 15) is 8.78 Å². The van der Waals surface area contributed by atoms with Crippen LogP contribution in [0, 0.1) is 39.3 Å². The number of aryl methyl sites for hydroxylation is 1. The molecule has 0 aliphatic rings. The van der Waals surface area contributed by atoms with Crippen molar-refractivity contribution in [2.45, 2.75) is 60.8 Å². The summed E-state index contributed by atoms with van der Waals surface area (Å²) in [5.74, 6) is -0.854. The second-order valence-electron chi connectivity index (χ2n) is 6.23. The van der Waals surface area contributed by atoms with E-state index in [0.29, 0.717) is 23.2 Å². The van der Waals surface area contributed by atoms with E-state index in [1.807, 2.05) is 17.7 Å². The monoisotopic (exact) mass is 318 g/mol. The van der Waals surface area contributed by atoms with Crippen molar-refractivity contribution in [3.05, 3.63) is 57.4 Å². The van der Waals surface area contributed by atoms with Crippen molar-refractivity contribution in [1.82, 2.24) is 0 Å². The molecule has 0 atom stereocenters. The Labute approximate surface area is 138 Å². The first-order valence-electron chi connectivity index (χ1n) is 8.33. The van der Waals surface area contributed by atoms with Crippen molar-refractivity contribution in [3.8, 4) is 5.69 Å². The molecule has 0 saturated heterocycles. The van der Waals surface area contributed by atoms with Crippen LogP contribution in [-0.2, 0) is 12.8 Å². The number of nitrogens with zero attached hydrogens (tertiary/aromatic N) is 1. The summed E-state index contributed by atoms with van der Waals surface area (Å²) in [6.07, 6.45) is 4.35.